The lowest BCUT2D eigenvalue weighted by Gasteiger charge is -2.21. The average molecular weight is 304 g/mol. The van der Waals surface area contributed by atoms with Gasteiger partial charge in [0.05, 0.1) is 0 Å². The van der Waals surface area contributed by atoms with Crippen LogP contribution in [-0.4, -0.2) is 30.8 Å². The maximum absolute atomic E-state index is 11.9. The summed E-state index contributed by atoms with van der Waals surface area (Å²) < 4.78 is 0. The largest absolute Gasteiger partial charge is 0.372 e. The highest BCUT2D eigenvalue weighted by Crippen LogP contribution is 2.18. The fraction of sp³-hybridized carbons (Fsp3) is 0.400. The zero-order valence-electron chi connectivity index (χ0n) is 12.7. The van der Waals surface area contributed by atoms with Crippen LogP contribution < -0.4 is 21.1 Å². The van der Waals surface area contributed by atoms with Crippen LogP contribution in [0.5, 0.6) is 0 Å². The first-order valence-corrected chi connectivity index (χ1v) is 7.29. The number of hydrogen-bond donors (Lipinski definition) is 3. The van der Waals surface area contributed by atoms with Crippen LogP contribution in [0.4, 0.5) is 11.4 Å². The SMILES string of the molecule is CCN(CC)c1ccc(NC(=O)CC2C(=O)NNC2=O)cc1. The second kappa shape index (κ2) is 6.93. The number of benzene rings is 1. The maximum atomic E-state index is 11.9. The summed E-state index contributed by atoms with van der Waals surface area (Å²) in [7, 11) is 0. The molecule has 0 saturated carbocycles. The van der Waals surface area contributed by atoms with Crippen LogP contribution >= 0.6 is 0 Å². The molecule has 1 aromatic rings. The summed E-state index contributed by atoms with van der Waals surface area (Å²) in [6.07, 6.45) is -0.171. The van der Waals surface area contributed by atoms with Gasteiger partial charge in [-0.1, -0.05) is 0 Å². The lowest BCUT2D eigenvalue weighted by Crippen LogP contribution is -2.28. The van der Waals surface area contributed by atoms with Gasteiger partial charge >= 0.3 is 0 Å². The summed E-state index contributed by atoms with van der Waals surface area (Å²) in [5.74, 6) is -2.28. The molecule has 0 bridgehead atoms. The Morgan fingerprint density at radius 3 is 2.14 bits per heavy atom. The molecule has 1 heterocycles. The van der Waals surface area contributed by atoms with Gasteiger partial charge < -0.3 is 10.2 Å². The van der Waals surface area contributed by atoms with Crippen molar-refractivity contribution < 1.29 is 14.4 Å². The number of nitrogens with zero attached hydrogens (tertiary/aromatic N) is 1. The van der Waals surface area contributed by atoms with E-state index >= 15 is 0 Å². The van der Waals surface area contributed by atoms with Crippen molar-refractivity contribution in [3.05, 3.63) is 24.3 Å². The minimum absolute atomic E-state index is 0.171. The Hall–Kier alpha value is -2.57. The molecule has 0 unspecified atom stereocenters. The van der Waals surface area contributed by atoms with Gasteiger partial charge in [-0.3, -0.25) is 25.2 Å². The van der Waals surface area contributed by atoms with Crippen LogP contribution in [0.2, 0.25) is 0 Å². The van der Waals surface area contributed by atoms with Crippen LogP contribution in [0, 0.1) is 5.92 Å². The molecule has 7 heteroatoms. The van der Waals surface area contributed by atoms with Gasteiger partial charge in [-0.2, -0.15) is 0 Å². The van der Waals surface area contributed by atoms with Crippen LogP contribution in [0.25, 0.3) is 0 Å². The van der Waals surface area contributed by atoms with E-state index in [-0.39, 0.29) is 12.3 Å². The lowest BCUT2D eigenvalue weighted by atomic mass is 10.1. The van der Waals surface area contributed by atoms with Gasteiger partial charge in [-0.05, 0) is 38.1 Å². The van der Waals surface area contributed by atoms with E-state index in [1.165, 1.54) is 0 Å². The highest BCUT2D eigenvalue weighted by molar-refractivity contribution is 6.08. The molecule has 1 aliphatic heterocycles. The molecule has 1 aliphatic rings. The Balaban J connectivity index is 1.94. The predicted molar refractivity (Wildman–Crippen MR) is 83.0 cm³/mol. The standard InChI is InChI=1S/C15H20N4O3/c1-3-19(4-2)11-7-5-10(6-8-11)16-13(20)9-12-14(21)17-18-15(12)22/h5-8,12H,3-4,9H2,1-2H3,(H,16,20)(H,17,21)(H,18,22). The molecule has 22 heavy (non-hydrogen) atoms. The van der Waals surface area contributed by atoms with E-state index in [9.17, 15) is 14.4 Å². The Morgan fingerprint density at radius 2 is 1.64 bits per heavy atom. The normalized spacial score (nSPS) is 14.5. The first-order chi connectivity index (χ1) is 10.5. The van der Waals surface area contributed by atoms with Gasteiger partial charge in [-0.15, -0.1) is 0 Å². The van der Waals surface area contributed by atoms with Crippen LogP contribution in [0.15, 0.2) is 24.3 Å². The molecular formula is C15H20N4O3. The Kier molecular flexibility index (Phi) is 4.98. The second-order valence-corrected chi connectivity index (χ2v) is 5.00. The quantitative estimate of drug-likeness (QED) is 0.673. The summed E-state index contributed by atoms with van der Waals surface area (Å²) in [5, 5.41) is 2.69. The van der Waals surface area contributed by atoms with Crippen molar-refractivity contribution in [2.24, 2.45) is 5.92 Å². The third-order valence-corrected chi connectivity index (χ3v) is 3.61. The lowest BCUT2D eigenvalue weighted by molar-refractivity contribution is -0.131. The monoisotopic (exact) mass is 304 g/mol. The molecular weight excluding hydrogens is 284 g/mol. The van der Waals surface area contributed by atoms with Gasteiger partial charge in [0.15, 0.2) is 0 Å². The molecule has 0 spiro atoms. The number of anilines is 2. The van der Waals surface area contributed by atoms with Crippen molar-refractivity contribution in [2.45, 2.75) is 20.3 Å². The van der Waals surface area contributed by atoms with E-state index in [2.05, 4.69) is 34.9 Å². The van der Waals surface area contributed by atoms with Crippen molar-refractivity contribution in [1.29, 1.82) is 0 Å². The Labute approximate surface area is 129 Å². The summed E-state index contributed by atoms with van der Waals surface area (Å²) in [4.78, 5) is 36.9. The van der Waals surface area contributed by atoms with Crippen molar-refractivity contribution in [3.63, 3.8) is 0 Å². The molecule has 0 radical (unpaired) electrons. The predicted octanol–water partition coefficient (Wildman–Crippen LogP) is 0.639. The van der Waals surface area contributed by atoms with E-state index in [0.717, 1.165) is 18.8 Å². The van der Waals surface area contributed by atoms with Gasteiger partial charge in [0, 0.05) is 30.9 Å². The van der Waals surface area contributed by atoms with E-state index in [4.69, 9.17) is 0 Å². The topological polar surface area (TPSA) is 90.5 Å². The number of carbonyl (C=O) groups is 3. The average Bonchev–Trinajstić information content (AvgIpc) is 2.82. The second-order valence-electron chi connectivity index (χ2n) is 5.00. The number of hydrogen-bond acceptors (Lipinski definition) is 4. The zero-order chi connectivity index (χ0) is 16.1. The van der Waals surface area contributed by atoms with Crippen molar-refractivity contribution in [3.8, 4) is 0 Å². The third kappa shape index (κ3) is 3.55. The molecule has 1 fully saturated rings. The van der Waals surface area contributed by atoms with Crippen LogP contribution in [0.3, 0.4) is 0 Å². The first-order valence-electron chi connectivity index (χ1n) is 7.29. The third-order valence-electron chi connectivity index (χ3n) is 3.61. The number of carbonyl (C=O) groups excluding carboxylic acids is 3. The molecule has 1 saturated heterocycles. The molecule has 1 aromatic carbocycles. The summed E-state index contributed by atoms with van der Waals surface area (Å²) in [6, 6.07) is 7.47. The summed E-state index contributed by atoms with van der Waals surface area (Å²) in [6.45, 7) is 5.98. The zero-order valence-corrected chi connectivity index (χ0v) is 12.7. The van der Waals surface area contributed by atoms with Crippen molar-refractivity contribution in [1.82, 2.24) is 10.9 Å². The van der Waals surface area contributed by atoms with Crippen molar-refractivity contribution in [2.75, 3.05) is 23.3 Å². The van der Waals surface area contributed by atoms with Gasteiger partial charge in [0.1, 0.15) is 5.92 Å². The first kappa shape index (κ1) is 15.8. The van der Waals surface area contributed by atoms with E-state index < -0.39 is 17.7 Å². The number of amides is 3. The van der Waals surface area contributed by atoms with Gasteiger partial charge in [0.2, 0.25) is 5.91 Å². The van der Waals surface area contributed by atoms with Crippen LogP contribution in [-0.2, 0) is 14.4 Å². The van der Waals surface area contributed by atoms with Crippen molar-refractivity contribution >= 4 is 29.1 Å². The Morgan fingerprint density at radius 1 is 1.09 bits per heavy atom. The molecule has 7 nitrogen and oxygen atoms in total. The highest BCUT2D eigenvalue weighted by Gasteiger charge is 2.34. The number of rotatable bonds is 6. The molecule has 2 rings (SSSR count). The summed E-state index contributed by atoms with van der Waals surface area (Å²) in [5.41, 5.74) is 6.11. The smallest absolute Gasteiger partial charge is 0.251 e. The molecule has 0 aromatic heterocycles. The highest BCUT2D eigenvalue weighted by atomic mass is 16.2. The Bertz CT molecular complexity index is 551. The molecule has 3 N–H and O–H groups in total. The molecule has 0 atom stereocenters. The molecule has 0 aliphatic carbocycles. The van der Waals surface area contributed by atoms with Gasteiger partial charge in [-0.25, -0.2) is 0 Å². The van der Waals surface area contributed by atoms with E-state index in [0.29, 0.717) is 5.69 Å². The fourth-order valence-electron chi connectivity index (χ4n) is 2.34. The summed E-state index contributed by atoms with van der Waals surface area (Å²) >= 11 is 0. The number of nitrogens with one attached hydrogen (secondary N) is 3. The molecule has 118 valence electrons. The number of hydrazine groups is 1. The minimum Gasteiger partial charge on any atom is -0.372 e. The maximum Gasteiger partial charge on any atom is 0.251 e. The minimum atomic E-state index is -0.963. The van der Waals surface area contributed by atoms with Crippen LogP contribution in [0.1, 0.15) is 20.3 Å². The van der Waals surface area contributed by atoms with E-state index in [1.807, 2.05) is 12.1 Å². The van der Waals surface area contributed by atoms with E-state index in [1.54, 1.807) is 12.1 Å². The molecule has 3 amide bonds. The fourth-order valence-corrected chi connectivity index (χ4v) is 2.34. The van der Waals surface area contributed by atoms with Gasteiger partial charge in [0.25, 0.3) is 11.8 Å².